The van der Waals surface area contributed by atoms with Crippen molar-refractivity contribution >= 4 is 27.2 Å². The number of ether oxygens (including phenoxy) is 2. The molecule has 7 nitrogen and oxygen atoms in total. The van der Waals surface area contributed by atoms with Crippen molar-refractivity contribution < 1.29 is 9.47 Å². The summed E-state index contributed by atoms with van der Waals surface area (Å²) in [6.07, 6.45) is 4.54. The molecule has 1 N–H and O–H groups in total. The summed E-state index contributed by atoms with van der Waals surface area (Å²) in [6.45, 7) is 4.61. The molecule has 2 atom stereocenters. The summed E-state index contributed by atoms with van der Waals surface area (Å²) in [5, 5.41) is 0.899. The number of aromatic amines is 1. The quantitative estimate of drug-likeness (QED) is 0.457. The number of methoxy groups -OCH3 is 1. The first-order chi connectivity index (χ1) is 16.2. The summed E-state index contributed by atoms with van der Waals surface area (Å²) in [5.74, 6) is 2.88. The van der Waals surface area contributed by atoms with Gasteiger partial charge in [0.05, 0.1) is 41.2 Å². The fourth-order valence-corrected chi connectivity index (χ4v) is 6.09. The fourth-order valence-electron chi connectivity index (χ4n) is 5.13. The first-order valence-electron chi connectivity index (χ1n) is 11.3. The van der Waals surface area contributed by atoms with Crippen molar-refractivity contribution in [3.63, 3.8) is 0 Å². The highest BCUT2D eigenvalue weighted by molar-refractivity contribution is 7.21. The number of hydrogen-bond donors (Lipinski definition) is 1. The van der Waals surface area contributed by atoms with Gasteiger partial charge in [-0.2, -0.15) is 0 Å². The Balaban J connectivity index is 1.35. The molecule has 2 aliphatic heterocycles. The fraction of sp³-hybridized carbons (Fsp3) is 0.360. The molecule has 0 aliphatic carbocycles. The number of likely N-dealkylation sites (tertiary alicyclic amines) is 1. The number of aromatic nitrogens is 3. The van der Waals surface area contributed by atoms with E-state index >= 15 is 0 Å². The number of rotatable bonds is 5. The van der Waals surface area contributed by atoms with E-state index in [0.29, 0.717) is 5.88 Å². The molecule has 0 amide bonds. The van der Waals surface area contributed by atoms with Crippen molar-refractivity contribution in [2.24, 2.45) is 11.8 Å². The highest BCUT2D eigenvalue weighted by Gasteiger charge is 2.37. The molecule has 5 heterocycles. The molecule has 170 valence electrons. The number of H-pyrrole nitrogens is 1. The van der Waals surface area contributed by atoms with Crippen LogP contribution in [-0.4, -0.2) is 60.2 Å². The van der Waals surface area contributed by atoms with E-state index in [0.717, 1.165) is 52.5 Å². The lowest BCUT2D eigenvalue weighted by molar-refractivity contribution is 0.178. The van der Waals surface area contributed by atoms with Crippen LogP contribution in [0.3, 0.4) is 0 Å². The summed E-state index contributed by atoms with van der Waals surface area (Å²) in [4.78, 5) is 17.0. The zero-order valence-electron chi connectivity index (χ0n) is 18.8. The Morgan fingerprint density at radius 1 is 1.09 bits per heavy atom. The molecule has 0 radical (unpaired) electrons. The van der Waals surface area contributed by atoms with E-state index in [9.17, 15) is 0 Å². The molecular weight excluding hydrogens is 434 g/mol. The summed E-state index contributed by atoms with van der Waals surface area (Å²) in [5.41, 5.74) is 4.31. The molecule has 3 aromatic heterocycles. The SMILES string of the molecule is COc1cc2nc(-c3ccc(Oc4cnc[nH]4)cc3)cc(N3CC4CCN(C)CC4C3)c2s1. The number of nitrogens with one attached hydrogen (secondary N) is 1. The van der Waals surface area contributed by atoms with Gasteiger partial charge in [-0.25, -0.2) is 9.97 Å². The second kappa shape index (κ2) is 8.35. The maximum absolute atomic E-state index is 5.80. The summed E-state index contributed by atoms with van der Waals surface area (Å²) in [6, 6.07) is 12.4. The van der Waals surface area contributed by atoms with Crippen LogP contribution >= 0.6 is 11.3 Å². The third-order valence-electron chi connectivity index (χ3n) is 6.83. The Morgan fingerprint density at radius 3 is 2.73 bits per heavy atom. The Kier molecular flexibility index (Phi) is 5.19. The van der Waals surface area contributed by atoms with E-state index in [1.54, 1.807) is 31.0 Å². The average molecular weight is 462 g/mol. The zero-order valence-corrected chi connectivity index (χ0v) is 19.6. The Labute approximate surface area is 197 Å². The lowest BCUT2D eigenvalue weighted by atomic mass is 9.89. The van der Waals surface area contributed by atoms with E-state index in [1.807, 2.05) is 12.1 Å². The number of imidazole rings is 1. The topological polar surface area (TPSA) is 66.5 Å². The van der Waals surface area contributed by atoms with Crippen LogP contribution in [0.15, 0.2) is 48.9 Å². The van der Waals surface area contributed by atoms with E-state index in [4.69, 9.17) is 14.5 Å². The highest BCUT2D eigenvalue weighted by Crippen LogP contribution is 2.43. The second-order valence-corrected chi connectivity index (χ2v) is 10.0. The van der Waals surface area contributed by atoms with Crippen LogP contribution in [0.2, 0.25) is 0 Å². The molecule has 8 heteroatoms. The van der Waals surface area contributed by atoms with Gasteiger partial charge in [-0.05, 0) is 62.2 Å². The molecule has 2 unspecified atom stereocenters. The molecule has 0 bridgehead atoms. The number of fused-ring (bicyclic) bond motifs is 2. The van der Waals surface area contributed by atoms with Crippen molar-refractivity contribution in [2.75, 3.05) is 45.2 Å². The van der Waals surface area contributed by atoms with Crippen molar-refractivity contribution in [3.05, 3.63) is 48.9 Å². The van der Waals surface area contributed by atoms with Crippen molar-refractivity contribution in [2.45, 2.75) is 6.42 Å². The first kappa shape index (κ1) is 20.5. The van der Waals surface area contributed by atoms with Crippen LogP contribution in [0.5, 0.6) is 16.7 Å². The van der Waals surface area contributed by atoms with Crippen LogP contribution in [0.25, 0.3) is 21.5 Å². The molecule has 6 rings (SSSR count). The van der Waals surface area contributed by atoms with E-state index in [-0.39, 0.29) is 0 Å². The van der Waals surface area contributed by atoms with Crippen molar-refractivity contribution in [1.82, 2.24) is 19.9 Å². The molecule has 0 saturated carbocycles. The standard InChI is InChI=1S/C25H27N5O2S/c1-29-8-7-17-13-30(14-18(17)12-29)22-9-20(28-21-10-24(31-2)33-25(21)22)16-3-5-19(6-4-16)32-23-11-26-15-27-23/h3-6,9-11,15,17-18H,7-8,12-14H2,1-2H3,(H,26,27). The molecule has 2 aliphatic rings. The van der Waals surface area contributed by atoms with Gasteiger partial charge in [0.2, 0.25) is 5.88 Å². The van der Waals surface area contributed by atoms with E-state index < -0.39 is 0 Å². The minimum atomic E-state index is 0.621. The van der Waals surface area contributed by atoms with Gasteiger partial charge in [0.15, 0.2) is 5.06 Å². The smallest absolute Gasteiger partial charge is 0.217 e. The molecule has 2 fully saturated rings. The average Bonchev–Trinajstić information content (AvgIpc) is 3.57. The van der Waals surface area contributed by atoms with Gasteiger partial charge in [0, 0.05) is 31.3 Å². The number of piperidine rings is 1. The van der Waals surface area contributed by atoms with Gasteiger partial charge in [-0.3, -0.25) is 0 Å². The maximum Gasteiger partial charge on any atom is 0.217 e. The number of nitrogens with zero attached hydrogens (tertiary/aromatic N) is 4. The number of pyridine rings is 1. The summed E-state index contributed by atoms with van der Waals surface area (Å²) in [7, 11) is 3.97. The highest BCUT2D eigenvalue weighted by atomic mass is 32.1. The molecule has 2 saturated heterocycles. The third kappa shape index (κ3) is 3.94. The van der Waals surface area contributed by atoms with Crippen LogP contribution < -0.4 is 14.4 Å². The van der Waals surface area contributed by atoms with Crippen molar-refractivity contribution in [1.29, 1.82) is 0 Å². The van der Waals surface area contributed by atoms with Crippen LogP contribution in [0, 0.1) is 11.8 Å². The van der Waals surface area contributed by atoms with Crippen LogP contribution in [-0.2, 0) is 0 Å². The predicted octanol–water partition coefficient (Wildman–Crippen LogP) is 4.88. The Hall–Kier alpha value is -3.10. The van der Waals surface area contributed by atoms with Gasteiger partial charge in [-0.1, -0.05) is 11.3 Å². The molecule has 4 aromatic rings. The van der Waals surface area contributed by atoms with Gasteiger partial charge in [0.1, 0.15) is 5.75 Å². The van der Waals surface area contributed by atoms with Crippen LogP contribution in [0.4, 0.5) is 5.69 Å². The van der Waals surface area contributed by atoms with Gasteiger partial charge >= 0.3 is 0 Å². The lowest BCUT2D eigenvalue weighted by Crippen LogP contribution is -2.37. The van der Waals surface area contributed by atoms with Crippen molar-refractivity contribution in [3.8, 4) is 28.0 Å². The lowest BCUT2D eigenvalue weighted by Gasteiger charge is -2.31. The second-order valence-electron chi connectivity index (χ2n) is 9.03. The minimum Gasteiger partial charge on any atom is -0.487 e. The molecule has 33 heavy (non-hydrogen) atoms. The minimum absolute atomic E-state index is 0.621. The number of benzene rings is 1. The Bertz CT molecular complexity index is 1250. The Morgan fingerprint density at radius 2 is 1.94 bits per heavy atom. The third-order valence-corrected chi connectivity index (χ3v) is 7.94. The maximum atomic E-state index is 5.80. The largest absolute Gasteiger partial charge is 0.487 e. The number of thiophene rings is 1. The van der Waals surface area contributed by atoms with Gasteiger partial charge in [0.25, 0.3) is 0 Å². The van der Waals surface area contributed by atoms with Gasteiger partial charge in [-0.15, -0.1) is 0 Å². The number of hydrogen-bond acceptors (Lipinski definition) is 7. The van der Waals surface area contributed by atoms with E-state index in [1.165, 1.54) is 29.9 Å². The first-order valence-corrected chi connectivity index (χ1v) is 12.2. The van der Waals surface area contributed by atoms with Gasteiger partial charge < -0.3 is 24.3 Å². The molecule has 1 aromatic carbocycles. The summed E-state index contributed by atoms with van der Waals surface area (Å²) >= 11 is 1.69. The number of anilines is 1. The summed E-state index contributed by atoms with van der Waals surface area (Å²) < 4.78 is 12.6. The zero-order chi connectivity index (χ0) is 22.4. The molecule has 0 spiro atoms. The normalized spacial score (nSPS) is 20.8. The predicted molar refractivity (Wildman–Crippen MR) is 132 cm³/mol. The molecular formula is C25H27N5O2S. The monoisotopic (exact) mass is 461 g/mol. The van der Waals surface area contributed by atoms with E-state index in [2.05, 4.69) is 51.1 Å². The van der Waals surface area contributed by atoms with Crippen LogP contribution in [0.1, 0.15) is 6.42 Å².